The summed E-state index contributed by atoms with van der Waals surface area (Å²) in [7, 11) is -19.1. The second-order valence-electron chi connectivity index (χ2n) is 19.0. The highest BCUT2D eigenvalue weighted by atomic mass is 32.2. The summed E-state index contributed by atoms with van der Waals surface area (Å²) in [5.41, 5.74) is 1.20. The molecule has 2 aromatic carbocycles. The van der Waals surface area contributed by atoms with Crippen molar-refractivity contribution in [2.24, 2.45) is 0 Å². The van der Waals surface area contributed by atoms with Gasteiger partial charge >= 0.3 is 0 Å². The van der Waals surface area contributed by atoms with E-state index in [1.165, 1.54) is 36.4 Å². The van der Waals surface area contributed by atoms with E-state index in [9.17, 15) is 66.3 Å². The highest BCUT2D eigenvalue weighted by molar-refractivity contribution is 7.86. The third kappa shape index (κ3) is 18.4. The van der Waals surface area contributed by atoms with Crippen molar-refractivity contribution in [1.82, 2.24) is 10.2 Å². The minimum absolute atomic E-state index is 0.142. The van der Waals surface area contributed by atoms with E-state index >= 15 is 0 Å². The lowest BCUT2D eigenvalue weighted by atomic mass is 9.81. The number of imide groups is 1. The molecule has 0 radical (unpaired) electrons. The first-order valence-corrected chi connectivity index (χ1v) is 30.4. The number of anilines is 1. The van der Waals surface area contributed by atoms with Crippen molar-refractivity contribution in [3.05, 3.63) is 107 Å². The maximum Gasteiger partial charge on any atom is 0.253 e. The zero-order valence-electron chi connectivity index (χ0n) is 43.0. The van der Waals surface area contributed by atoms with Crippen LogP contribution in [0.4, 0.5) is 11.4 Å². The Morgan fingerprint density at radius 1 is 0.662 bits per heavy atom. The summed E-state index contributed by atoms with van der Waals surface area (Å²) in [6, 6.07) is 7.41. The van der Waals surface area contributed by atoms with Crippen molar-refractivity contribution in [1.29, 1.82) is 0 Å². The van der Waals surface area contributed by atoms with E-state index in [0.717, 1.165) is 17.0 Å². The van der Waals surface area contributed by atoms with Crippen LogP contribution >= 0.6 is 0 Å². The van der Waals surface area contributed by atoms with Crippen LogP contribution in [0.2, 0.25) is 0 Å². The fourth-order valence-electron chi connectivity index (χ4n) is 8.77. The van der Waals surface area contributed by atoms with E-state index in [-0.39, 0.29) is 50.6 Å². The van der Waals surface area contributed by atoms with Crippen molar-refractivity contribution < 1.29 is 89.8 Å². The molecule has 0 unspecified atom stereocenters. The zero-order valence-corrected chi connectivity index (χ0v) is 46.3. The van der Waals surface area contributed by atoms with Crippen LogP contribution in [0.25, 0.3) is 0 Å². The Bertz CT molecular complexity index is 3140. The molecule has 1 N–H and O–H groups in total. The number of carbonyl (C=O) groups is 3. The predicted octanol–water partition coefficient (Wildman–Crippen LogP) is 2.35. The molecule has 0 bridgehead atoms. The number of allylic oxidation sites excluding steroid dienone is 8. The molecular formula is C50H63N4O19S4-3. The summed E-state index contributed by atoms with van der Waals surface area (Å²) >= 11 is 0. The molecule has 424 valence electrons. The fourth-order valence-corrected chi connectivity index (χ4v) is 10.6. The summed E-state index contributed by atoms with van der Waals surface area (Å²) < 4.78 is 166. The zero-order chi connectivity index (χ0) is 56.8. The first-order valence-electron chi connectivity index (χ1n) is 24.4. The molecule has 3 aliphatic rings. The van der Waals surface area contributed by atoms with Crippen LogP contribution in [0.1, 0.15) is 64.5 Å². The van der Waals surface area contributed by atoms with Crippen LogP contribution in [0.15, 0.2) is 106 Å². The van der Waals surface area contributed by atoms with Crippen LogP contribution in [0.5, 0.6) is 0 Å². The Morgan fingerprint density at radius 2 is 1.23 bits per heavy atom. The molecule has 0 atom stereocenters. The molecule has 0 fully saturated rings. The average Bonchev–Trinajstić information content (AvgIpc) is 3.86. The minimum atomic E-state index is -4.87. The van der Waals surface area contributed by atoms with Gasteiger partial charge in [0.2, 0.25) is 11.6 Å². The largest absolute Gasteiger partial charge is 0.748 e. The van der Waals surface area contributed by atoms with Gasteiger partial charge in [0.15, 0.2) is 12.3 Å². The van der Waals surface area contributed by atoms with Crippen LogP contribution < -0.4 is 10.2 Å². The average molecular weight is 1150 g/mol. The second-order valence-corrected chi connectivity index (χ2v) is 24.8. The molecule has 0 saturated carbocycles. The molecule has 0 aromatic heterocycles. The van der Waals surface area contributed by atoms with Gasteiger partial charge in [0.05, 0.1) is 63.3 Å². The molecule has 3 amide bonds. The van der Waals surface area contributed by atoms with Gasteiger partial charge in [-0.25, -0.2) is 33.7 Å². The number of hydrogen-bond acceptors (Lipinski definition) is 20. The van der Waals surface area contributed by atoms with E-state index in [1.807, 2.05) is 0 Å². The summed E-state index contributed by atoms with van der Waals surface area (Å²) in [6.07, 6.45) is 14.3. The lowest BCUT2D eigenvalue weighted by molar-refractivity contribution is -0.432. The fraction of sp³-hybridized carbons (Fsp3) is 0.480. The third-order valence-corrected chi connectivity index (χ3v) is 15.7. The molecule has 27 heteroatoms. The Hall–Kier alpha value is -5.30. The van der Waals surface area contributed by atoms with Crippen LogP contribution in [-0.2, 0) is 84.6 Å². The SMILES string of the molecule is CC1(C)C(/C=C/C=C(/C=C/C=C2/N(CCS(=O)(=O)[O-])c3ccc(S(=O)(=O)[O-])cc3C2(C)C)CCCOCC(=O)NCCCOCCOCCOCCCN2C(=O)C=CC2=O)=[N+](CCS(=O)(=O)[O-])c2ccc(S(=O)(=O)[O-])cc21. The van der Waals surface area contributed by atoms with Crippen molar-refractivity contribution in [2.45, 2.75) is 74.0 Å². The van der Waals surface area contributed by atoms with Crippen molar-refractivity contribution >= 4 is 75.3 Å². The van der Waals surface area contributed by atoms with E-state index in [0.29, 0.717) is 111 Å². The molecule has 3 aliphatic heterocycles. The van der Waals surface area contributed by atoms with E-state index in [1.54, 1.807) is 73.6 Å². The molecule has 23 nitrogen and oxygen atoms in total. The normalized spacial score (nSPS) is 17.2. The number of benzene rings is 2. The Morgan fingerprint density at radius 3 is 1.84 bits per heavy atom. The van der Waals surface area contributed by atoms with Gasteiger partial charge in [-0.1, -0.05) is 38.2 Å². The lowest BCUT2D eigenvalue weighted by Crippen LogP contribution is -2.31. The number of rotatable bonds is 32. The van der Waals surface area contributed by atoms with E-state index in [4.69, 9.17) is 18.9 Å². The maximum atomic E-state index is 12.5. The number of hydrogen-bond donors (Lipinski definition) is 1. The summed E-state index contributed by atoms with van der Waals surface area (Å²) in [4.78, 5) is 37.4. The minimum Gasteiger partial charge on any atom is -0.748 e. The molecule has 77 heavy (non-hydrogen) atoms. The lowest BCUT2D eigenvalue weighted by Gasteiger charge is -2.27. The molecule has 0 aliphatic carbocycles. The Labute approximate surface area is 450 Å². The summed E-state index contributed by atoms with van der Waals surface area (Å²) in [5.74, 6) is -2.58. The highest BCUT2D eigenvalue weighted by Crippen LogP contribution is 2.48. The van der Waals surface area contributed by atoms with Gasteiger partial charge in [-0.3, -0.25) is 19.3 Å². The summed E-state index contributed by atoms with van der Waals surface area (Å²) in [6.45, 7) is 8.99. The van der Waals surface area contributed by atoms with Gasteiger partial charge < -0.3 is 47.4 Å². The van der Waals surface area contributed by atoms with Crippen molar-refractivity contribution in [2.75, 3.05) is 95.4 Å². The van der Waals surface area contributed by atoms with Gasteiger partial charge in [0.25, 0.3) is 11.8 Å². The monoisotopic (exact) mass is 1150 g/mol. The third-order valence-electron chi connectivity index (χ3n) is 12.7. The van der Waals surface area contributed by atoms with E-state index < -0.39 is 72.6 Å². The number of nitrogens with zero attached hydrogens (tertiary/aromatic N) is 3. The van der Waals surface area contributed by atoms with Crippen molar-refractivity contribution in [3.8, 4) is 0 Å². The molecule has 0 spiro atoms. The molecule has 2 aromatic rings. The van der Waals surface area contributed by atoms with Gasteiger partial charge in [0.1, 0.15) is 37.0 Å². The van der Waals surface area contributed by atoms with Crippen LogP contribution in [-0.4, -0.2) is 175 Å². The first-order chi connectivity index (χ1) is 36.0. The highest BCUT2D eigenvalue weighted by Gasteiger charge is 2.45. The quantitative estimate of drug-likeness (QED) is 0.0361. The molecule has 3 heterocycles. The topological polar surface area (TPSA) is 338 Å². The number of carbonyl (C=O) groups excluding carboxylic acids is 3. The van der Waals surface area contributed by atoms with Gasteiger partial charge in [-0.05, 0) is 87.1 Å². The van der Waals surface area contributed by atoms with Crippen LogP contribution in [0.3, 0.4) is 0 Å². The smallest absolute Gasteiger partial charge is 0.253 e. The van der Waals surface area contributed by atoms with Gasteiger partial charge in [-0.2, -0.15) is 4.58 Å². The number of fused-ring (bicyclic) bond motifs is 2. The van der Waals surface area contributed by atoms with Crippen molar-refractivity contribution in [3.63, 3.8) is 0 Å². The van der Waals surface area contributed by atoms with Gasteiger partial charge in [0, 0.05) is 86.1 Å². The van der Waals surface area contributed by atoms with Gasteiger partial charge in [-0.15, -0.1) is 0 Å². The standard InChI is InChI=1S/C50H66N4O19S4/c1-49(2)40-34-38(76(64,65)66)15-17-42(40)52(23-32-74(58,59)60)44(49)13-5-10-37(11-6-14-45-50(3,4)41-35-39(77(67,68)69)16-18-43(41)53(45)24-33-75(61,62)63)12-7-25-73-36-46(55)51-21-8-26-70-28-30-72-31-29-71-27-9-22-54-47(56)19-20-48(54)57/h5-6,10-11,13-20,34-35H,7-9,12,21-33,36H2,1-4H3,(H4-,51,55,58,59,60,61,62,63,64,65,66,67,68,69)/p-3. The van der Waals surface area contributed by atoms with E-state index in [2.05, 4.69) is 5.32 Å². The molecule has 0 saturated heterocycles. The number of nitrogens with one attached hydrogen (secondary N) is 1. The Balaban J connectivity index is 1.22. The first kappa shape index (κ1) is 62.5. The second kappa shape index (κ2) is 27.0. The molecular weight excluding hydrogens is 1090 g/mol. The Kier molecular flexibility index (Phi) is 22.0. The summed E-state index contributed by atoms with van der Waals surface area (Å²) in [5, 5.41) is 2.76. The predicted molar refractivity (Wildman–Crippen MR) is 276 cm³/mol. The number of ether oxygens (including phenoxy) is 4. The molecule has 5 rings (SSSR count). The number of amides is 3. The maximum absolute atomic E-state index is 12.5. The van der Waals surface area contributed by atoms with Crippen LogP contribution in [0, 0.1) is 0 Å².